The SMILES string of the molecule is C=CC(=O)Nc1cc(-c2c(-c3cnn(CCN(C)C)c3)[nH]c3ncc(C(=O)OC(C)C)c(C)c23)ccc1C. The van der Waals surface area contributed by atoms with Crippen LogP contribution in [0.25, 0.3) is 33.4 Å². The smallest absolute Gasteiger partial charge is 0.340 e. The van der Waals surface area contributed by atoms with Gasteiger partial charge in [-0.25, -0.2) is 9.78 Å². The third kappa shape index (κ3) is 5.52. The maximum atomic E-state index is 12.9. The van der Waals surface area contributed by atoms with Crippen molar-refractivity contribution in [3.8, 4) is 22.4 Å². The van der Waals surface area contributed by atoms with Gasteiger partial charge in [-0.3, -0.25) is 9.48 Å². The maximum absolute atomic E-state index is 12.9. The van der Waals surface area contributed by atoms with Crippen molar-refractivity contribution in [2.24, 2.45) is 0 Å². The van der Waals surface area contributed by atoms with E-state index >= 15 is 0 Å². The highest BCUT2D eigenvalue weighted by Gasteiger charge is 2.23. The molecule has 0 bridgehead atoms. The molecule has 9 nitrogen and oxygen atoms in total. The predicted molar refractivity (Wildman–Crippen MR) is 150 cm³/mol. The molecule has 0 aliphatic heterocycles. The average molecular weight is 515 g/mol. The molecule has 0 spiro atoms. The number of anilines is 1. The van der Waals surface area contributed by atoms with Crippen molar-refractivity contribution >= 4 is 28.6 Å². The lowest BCUT2D eigenvalue weighted by Crippen LogP contribution is -2.18. The molecule has 9 heteroatoms. The third-order valence-corrected chi connectivity index (χ3v) is 6.31. The summed E-state index contributed by atoms with van der Waals surface area (Å²) in [6, 6.07) is 5.88. The van der Waals surface area contributed by atoms with Crippen molar-refractivity contribution in [3.63, 3.8) is 0 Å². The number of aromatic amines is 1. The molecule has 1 aromatic carbocycles. The highest BCUT2D eigenvalue weighted by atomic mass is 16.5. The topological polar surface area (TPSA) is 105 Å². The van der Waals surface area contributed by atoms with E-state index in [0.29, 0.717) is 16.9 Å². The Kier molecular flexibility index (Phi) is 7.78. The van der Waals surface area contributed by atoms with Crippen LogP contribution in [0.1, 0.15) is 35.3 Å². The highest BCUT2D eigenvalue weighted by molar-refractivity contribution is 6.08. The van der Waals surface area contributed by atoms with Crippen LogP contribution in [-0.2, 0) is 16.1 Å². The van der Waals surface area contributed by atoms with Crippen molar-refractivity contribution in [2.75, 3.05) is 26.0 Å². The molecule has 3 aromatic heterocycles. The van der Waals surface area contributed by atoms with E-state index in [2.05, 4.69) is 31.9 Å². The zero-order valence-electron chi connectivity index (χ0n) is 22.8. The standard InChI is InChI=1S/C29H34N6O3/c1-8-24(36)32-23-13-20(10-9-18(23)4)26-25-19(5)22(29(37)38-17(2)3)15-30-28(25)33-27(26)21-14-31-35(16-21)12-11-34(6)7/h8-10,13-17H,1,11-12H2,2-7H3,(H,30,33)(H,32,36). The number of esters is 1. The minimum absolute atomic E-state index is 0.250. The van der Waals surface area contributed by atoms with Crippen LogP contribution < -0.4 is 5.32 Å². The van der Waals surface area contributed by atoms with Gasteiger partial charge in [0.1, 0.15) is 5.65 Å². The second-order valence-electron chi connectivity index (χ2n) is 9.87. The molecular weight excluding hydrogens is 480 g/mol. The largest absolute Gasteiger partial charge is 0.459 e. The first-order chi connectivity index (χ1) is 18.1. The molecule has 4 aromatic rings. The Balaban J connectivity index is 1.94. The number of H-pyrrole nitrogens is 1. The summed E-state index contributed by atoms with van der Waals surface area (Å²) in [7, 11) is 4.05. The summed E-state index contributed by atoms with van der Waals surface area (Å²) >= 11 is 0. The predicted octanol–water partition coefficient (Wildman–Crippen LogP) is 4.96. The van der Waals surface area contributed by atoms with Crippen molar-refractivity contribution in [1.82, 2.24) is 24.6 Å². The number of ether oxygens (including phenoxy) is 1. The Hall–Kier alpha value is -4.24. The van der Waals surface area contributed by atoms with Gasteiger partial charge < -0.3 is 19.9 Å². The molecule has 38 heavy (non-hydrogen) atoms. The molecule has 0 aliphatic rings. The number of carbonyl (C=O) groups is 2. The van der Waals surface area contributed by atoms with E-state index in [4.69, 9.17) is 4.74 Å². The number of nitrogens with zero attached hydrogens (tertiary/aromatic N) is 4. The monoisotopic (exact) mass is 514 g/mol. The highest BCUT2D eigenvalue weighted by Crippen LogP contribution is 2.41. The van der Waals surface area contributed by atoms with E-state index < -0.39 is 5.97 Å². The summed E-state index contributed by atoms with van der Waals surface area (Å²) in [5, 5.41) is 8.26. The Morgan fingerprint density at radius 3 is 2.66 bits per heavy atom. The molecule has 0 atom stereocenters. The molecule has 0 aliphatic carbocycles. The van der Waals surface area contributed by atoms with Gasteiger partial charge in [0.25, 0.3) is 0 Å². The fraction of sp³-hybridized carbons (Fsp3) is 0.310. The van der Waals surface area contributed by atoms with Crippen molar-refractivity contribution in [2.45, 2.75) is 40.3 Å². The summed E-state index contributed by atoms with van der Waals surface area (Å²) in [6.45, 7) is 12.6. The van der Waals surface area contributed by atoms with E-state index in [1.165, 1.54) is 6.08 Å². The summed E-state index contributed by atoms with van der Waals surface area (Å²) in [5.74, 6) is -0.705. The zero-order valence-corrected chi connectivity index (χ0v) is 22.8. The quantitative estimate of drug-likeness (QED) is 0.242. The number of amides is 1. The lowest BCUT2D eigenvalue weighted by molar-refractivity contribution is -0.111. The maximum Gasteiger partial charge on any atom is 0.340 e. The number of pyridine rings is 1. The molecule has 198 valence electrons. The molecule has 0 radical (unpaired) electrons. The van der Waals surface area contributed by atoms with Gasteiger partial charge in [-0.05, 0) is 70.6 Å². The van der Waals surface area contributed by atoms with Crippen LogP contribution in [0.15, 0.2) is 49.4 Å². The van der Waals surface area contributed by atoms with E-state index in [1.54, 1.807) is 6.20 Å². The second kappa shape index (κ2) is 11.0. The van der Waals surface area contributed by atoms with Crippen LogP contribution in [-0.4, -0.2) is 63.3 Å². The minimum Gasteiger partial charge on any atom is -0.459 e. The first-order valence-electron chi connectivity index (χ1n) is 12.5. The Bertz CT molecular complexity index is 1510. The van der Waals surface area contributed by atoms with Crippen LogP contribution in [0, 0.1) is 13.8 Å². The fourth-order valence-electron chi connectivity index (χ4n) is 4.31. The normalized spacial score (nSPS) is 11.4. The molecule has 4 rings (SSSR count). The molecule has 2 N–H and O–H groups in total. The fourth-order valence-corrected chi connectivity index (χ4v) is 4.31. The average Bonchev–Trinajstić information content (AvgIpc) is 3.49. The van der Waals surface area contributed by atoms with Gasteiger partial charge in [0, 0.05) is 41.1 Å². The molecule has 0 saturated carbocycles. The zero-order chi connectivity index (χ0) is 27.6. The van der Waals surface area contributed by atoms with Crippen LogP contribution in [0.5, 0.6) is 0 Å². The van der Waals surface area contributed by atoms with Gasteiger partial charge >= 0.3 is 5.97 Å². The van der Waals surface area contributed by atoms with Gasteiger partial charge in [-0.2, -0.15) is 5.10 Å². The number of hydrogen-bond acceptors (Lipinski definition) is 6. The Morgan fingerprint density at radius 2 is 1.97 bits per heavy atom. The molecule has 0 unspecified atom stereocenters. The van der Waals surface area contributed by atoms with Gasteiger partial charge in [-0.1, -0.05) is 18.7 Å². The minimum atomic E-state index is -0.417. The Morgan fingerprint density at radius 1 is 1.21 bits per heavy atom. The van der Waals surface area contributed by atoms with Crippen molar-refractivity contribution in [3.05, 3.63) is 66.1 Å². The molecule has 0 saturated heterocycles. The van der Waals surface area contributed by atoms with Crippen molar-refractivity contribution < 1.29 is 14.3 Å². The van der Waals surface area contributed by atoms with Crippen LogP contribution in [0.2, 0.25) is 0 Å². The van der Waals surface area contributed by atoms with Gasteiger partial charge in [0.05, 0.1) is 30.1 Å². The van der Waals surface area contributed by atoms with E-state index in [1.807, 2.05) is 77.1 Å². The molecule has 3 heterocycles. The number of fused-ring (bicyclic) bond motifs is 1. The van der Waals surface area contributed by atoms with Gasteiger partial charge in [0.15, 0.2) is 0 Å². The summed E-state index contributed by atoms with van der Waals surface area (Å²) < 4.78 is 7.38. The number of carbonyl (C=O) groups excluding carboxylic acids is 2. The number of benzene rings is 1. The third-order valence-electron chi connectivity index (χ3n) is 6.31. The number of aryl methyl sites for hydroxylation is 2. The second-order valence-corrected chi connectivity index (χ2v) is 9.87. The number of likely N-dealkylation sites (N-methyl/N-ethyl adjacent to an activating group) is 1. The van der Waals surface area contributed by atoms with Crippen molar-refractivity contribution in [1.29, 1.82) is 0 Å². The number of hydrogen-bond donors (Lipinski definition) is 2. The van der Waals surface area contributed by atoms with Crippen LogP contribution in [0.3, 0.4) is 0 Å². The lowest BCUT2D eigenvalue weighted by Gasteiger charge is -2.13. The first-order valence-corrected chi connectivity index (χ1v) is 12.5. The van der Waals surface area contributed by atoms with Crippen LogP contribution in [0.4, 0.5) is 5.69 Å². The number of nitrogens with one attached hydrogen (secondary N) is 2. The van der Waals surface area contributed by atoms with Crippen LogP contribution >= 0.6 is 0 Å². The van der Waals surface area contributed by atoms with Gasteiger partial charge in [0.2, 0.25) is 5.91 Å². The number of aromatic nitrogens is 4. The molecule has 0 fully saturated rings. The first kappa shape index (κ1) is 26.8. The lowest BCUT2D eigenvalue weighted by atomic mass is 9.95. The van der Waals surface area contributed by atoms with E-state index in [9.17, 15) is 9.59 Å². The summed E-state index contributed by atoms with van der Waals surface area (Å²) in [6.07, 6.45) is 6.36. The summed E-state index contributed by atoms with van der Waals surface area (Å²) in [4.78, 5) is 35.1. The van der Waals surface area contributed by atoms with E-state index in [0.717, 1.165) is 52.0 Å². The van der Waals surface area contributed by atoms with Gasteiger partial charge in [-0.15, -0.1) is 0 Å². The molecule has 1 amide bonds. The molecular formula is C29H34N6O3. The Labute approximate surface area is 222 Å². The summed E-state index contributed by atoms with van der Waals surface area (Å²) in [5.41, 5.74) is 6.84. The number of rotatable bonds is 9. The van der Waals surface area contributed by atoms with E-state index in [-0.39, 0.29) is 12.0 Å².